The number of nitrogens with two attached hydrogens (primary N) is 3. The SMILES string of the molecule is C1CNCCN1.Nc1nc(N)nc(N)n1. The van der Waals surface area contributed by atoms with Crippen LogP contribution in [0.5, 0.6) is 0 Å². The van der Waals surface area contributed by atoms with Crippen molar-refractivity contribution < 1.29 is 0 Å². The molecule has 0 amide bonds. The predicted molar refractivity (Wildman–Crippen MR) is 58.8 cm³/mol. The Morgan fingerprint density at radius 3 is 1.13 bits per heavy atom. The molecular weight excluding hydrogens is 196 g/mol. The molecule has 1 saturated heterocycles. The molecule has 84 valence electrons. The van der Waals surface area contributed by atoms with Gasteiger partial charge in [0, 0.05) is 26.2 Å². The van der Waals surface area contributed by atoms with Gasteiger partial charge in [0.2, 0.25) is 17.8 Å². The van der Waals surface area contributed by atoms with Gasteiger partial charge >= 0.3 is 0 Å². The first-order valence-corrected chi connectivity index (χ1v) is 4.62. The summed E-state index contributed by atoms with van der Waals surface area (Å²) in [6, 6.07) is 0. The van der Waals surface area contributed by atoms with E-state index in [0.29, 0.717) is 0 Å². The monoisotopic (exact) mass is 212 g/mol. The summed E-state index contributed by atoms with van der Waals surface area (Å²) in [7, 11) is 0. The summed E-state index contributed by atoms with van der Waals surface area (Å²) in [6.07, 6.45) is 0. The number of piperazine rings is 1. The van der Waals surface area contributed by atoms with E-state index in [1.54, 1.807) is 0 Å². The number of nitrogen functional groups attached to an aromatic ring is 3. The first-order chi connectivity index (χ1) is 7.18. The fraction of sp³-hybridized carbons (Fsp3) is 0.571. The van der Waals surface area contributed by atoms with E-state index in [1.807, 2.05) is 0 Å². The molecule has 15 heavy (non-hydrogen) atoms. The highest BCUT2D eigenvalue weighted by atomic mass is 15.2. The summed E-state index contributed by atoms with van der Waals surface area (Å²) in [4.78, 5) is 10.5. The Labute approximate surface area is 87.7 Å². The average Bonchev–Trinajstić information content (AvgIpc) is 2.19. The highest BCUT2D eigenvalue weighted by Gasteiger charge is 1.94. The number of nitrogens with zero attached hydrogens (tertiary/aromatic N) is 3. The Morgan fingerprint density at radius 1 is 0.667 bits per heavy atom. The van der Waals surface area contributed by atoms with Crippen LogP contribution in [0, 0.1) is 0 Å². The number of hydrogen-bond acceptors (Lipinski definition) is 8. The topological polar surface area (TPSA) is 141 Å². The second-order valence-corrected chi connectivity index (χ2v) is 2.91. The lowest BCUT2D eigenvalue weighted by Crippen LogP contribution is -2.39. The smallest absolute Gasteiger partial charge is 0.226 e. The van der Waals surface area contributed by atoms with Gasteiger partial charge in [0.25, 0.3) is 0 Å². The number of rotatable bonds is 0. The summed E-state index contributed by atoms with van der Waals surface area (Å²) in [6.45, 7) is 4.56. The molecule has 1 aromatic rings. The lowest BCUT2D eigenvalue weighted by Gasteiger charge is -2.11. The third-order valence-electron chi connectivity index (χ3n) is 1.64. The van der Waals surface area contributed by atoms with Crippen LogP contribution in [0.2, 0.25) is 0 Å². The maximum Gasteiger partial charge on any atom is 0.226 e. The number of anilines is 3. The molecule has 0 atom stereocenters. The zero-order valence-corrected chi connectivity index (χ0v) is 8.40. The lowest BCUT2D eigenvalue weighted by atomic mass is 10.4. The van der Waals surface area contributed by atoms with Gasteiger partial charge in [-0.25, -0.2) is 0 Å². The normalized spacial score (nSPS) is 15.2. The van der Waals surface area contributed by atoms with Crippen LogP contribution in [-0.2, 0) is 0 Å². The highest BCUT2D eigenvalue weighted by molar-refractivity contribution is 5.33. The molecule has 1 aliphatic rings. The van der Waals surface area contributed by atoms with Gasteiger partial charge in [-0.15, -0.1) is 0 Å². The fourth-order valence-electron chi connectivity index (χ4n) is 1.03. The Balaban J connectivity index is 0.000000162. The molecule has 8 heteroatoms. The Bertz CT molecular complexity index is 235. The molecule has 0 spiro atoms. The quantitative estimate of drug-likeness (QED) is 0.326. The average molecular weight is 212 g/mol. The molecule has 1 aliphatic heterocycles. The Morgan fingerprint density at radius 2 is 0.933 bits per heavy atom. The fourth-order valence-corrected chi connectivity index (χ4v) is 1.03. The molecule has 1 aromatic heterocycles. The van der Waals surface area contributed by atoms with Gasteiger partial charge in [0.05, 0.1) is 0 Å². The second kappa shape index (κ2) is 5.94. The molecule has 8 nitrogen and oxygen atoms in total. The summed E-state index contributed by atoms with van der Waals surface area (Å²) in [5.41, 5.74) is 15.4. The zero-order chi connectivity index (χ0) is 11.1. The minimum absolute atomic E-state index is 0.0417. The first kappa shape index (κ1) is 11.4. The van der Waals surface area contributed by atoms with E-state index < -0.39 is 0 Å². The van der Waals surface area contributed by atoms with Crippen molar-refractivity contribution in [1.82, 2.24) is 25.6 Å². The molecular formula is C7H16N8. The molecule has 0 saturated carbocycles. The summed E-state index contributed by atoms with van der Waals surface area (Å²) >= 11 is 0. The van der Waals surface area contributed by atoms with Crippen molar-refractivity contribution in [2.75, 3.05) is 43.4 Å². The molecule has 1 fully saturated rings. The van der Waals surface area contributed by atoms with Crippen molar-refractivity contribution >= 4 is 17.8 Å². The largest absolute Gasteiger partial charge is 0.368 e. The lowest BCUT2D eigenvalue weighted by molar-refractivity contribution is 0.534. The van der Waals surface area contributed by atoms with Gasteiger partial charge in [0.15, 0.2) is 0 Å². The second-order valence-electron chi connectivity index (χ2n) is 2.91. The molecule has 0 aromatic carbocycles. The van der Waals surface area contributed by atoms with Crippen molar-refractivity contribution in [1.29, 1.82) is 0 Å². The maximum absolute atomic E-state index is 5.14. The van der Waals surface area contributed by atoms with Crippen LogP contribution in [0.15, 0.2) is 0 Å². The molecule has 8 N–H and O–H groups in total. The van der Waals surface area contributed by atoms with Gasteiger partial charge in [-0.1, -0.05) is 0 Å². The van der Waals surface area contributed by atoms with Crippen molar-refractivity contribution in [2.45, 2.75) is 0 Å². The van der Waals surface area contributed by atoms with Gasteiger partial charge in [-0.3, -0.25) is 0 Å². The third-order valence-corrected chi connectivity index (χ3v) is 1.64. The van der Waals surface area contributed by atoms with E-state index in [0.717, 1.165) is 26.2 Å². The van der Waals surface area contributed by atoms with E-state index in [4.69, 9.17) is 17.2 Å². The third kappa shape index (κ3) is 4.93. The minimum Gasteiger partial charge on any atom is -0.368 e. The highest BCUT2D eigenvalue weighted by Crippen LogP contribution is 1.97. The molecule has 0 unspecified atom stereocenters. The Hall–Kier alpha value is -1.67. The standard InChI is InChI=1S/C4H10N2.C3H6N6/c1-2-6-4-3-5-1;4-1-7-2(5)9-3(6)8-1/h5-6H,1-4H2;(H6,4,5,6,7,8,9). The van der Waals surface area contributed by atoms with Crippen LogP contribution in [0.3, 0.4) is 0 Å². The molecule has 2 heterocycles. The number of aromatic nitrogens is 3. The summed E-state index contributed by atoms with van der Waals surface area (Å²) < 4.78 is 0. The van der Waals surface area contributed by atoms with Gasteiger partial charge in [0.1, 0.15) is 0 Å². The van der Waals surface area contributed by atoms with Crippen LogP contribution in [0.25, 0.3) is 0 Å². The molecule has 0 radical (unpaired) electrons. The van der Waals surface area contributed by atoms with Crippen LogP contribution < -0.4 is 27.8 Å². The van der Waals surface area contributed by atoms with E-state index in [-0.39, 0.29) is 17.8 Å². The van der Waals surface area contributed by atoms with Crippen molar-refractivity contribution in [2.24, 2.45) is 0 Å². The van der Waals surface area contributed by atoms with Gasteiger partial charge in [-0.2, -0.15) is 15.0 Å². The van der Waals surface area contributed by atoms with E-state index in [2.05, 4.69) is 25.6 Å². The minimum atomic E-state index is 0.0417. The summed E-state index contributed by atoms with van der Waals surface area (Å²) in [5.74, 6) is 0.125. The van der Waals surface area contributed by atoms with Crippen molar-refractivity contribution in [3.63, 3.8) is 0 Å². The van der Waals surface area contributed by atoms with Crippen molar-refractivity contribution in [3.05, 3.63) is 0 Å². The number of nitrogens with one attached hydrogen (secondary N) is 2. The van der Waals surface area contributed by atoms with Gasteiger partial charge < -0.3 is 27.8 Å². The predicted octanol–water partition coefficient (Wildman–Crippen LogP) is -2.20. The van der Waals surface area contributed by atoms with Gasteiger partial charge in [-0.05, 0) is 0 Å². The molecule has 0 aliphatic carbocycles. The molecule has 0 bridgehead atoms. The molecule has 2 rings (SSSR count). The van der Waals surface area contributed by atoms with E-state index >= 15 is 0 Å². The van der Waals surface area contributed by atoms with Crippen LogP contribution >= 0.6 is 0 Å². The maximum atomic E-state index is 5.14. The first-order valence-electron chi connectivity index (χ1n) is 4.62. The zero-order valence-electron chi connectivity index (χ0n) is 8.40. The van der Waals surface area contributed by atoms with E-state index in [9.17, 15) is 0 Å². The summed E-state index contributed by atoms with van der Waals surface area (Å²) in [5, 5.41) is 6.44. The van der Waals surface area contributed by atoms with Crippen molar-refractivity contribution in [3.8, 4) is 0 Å². The van der Waals surface area contributed by atoms with Crippen LogP contribution in [-0.4, -0.2) is 41.1 Å². The number of hydrogen-bond donors (Lipinski definition) is 5. The Kier molecular flexibility index (Phi) is 4.51. The van der Waals surface area contributed by atoms with Crippen LogP contribution in [0.1, 0.15) is 0 Å². The van der Waals surface area contributed by atoms with Crippen LogP contribution in [0.4, 0.5) is 17.8 Å². The van der Waals surface area contributed by atoms with E-state index in [1.165, 1.54) is 0 Å².